The molecule has 0 spiro atoms. The van der Waals surface area contributed by atoms with Gasteiger partial charge in [-0.1, -0.05) is 23.7 Å². The van der Waals surface area contributed by atoms with Gasteiger partial charge in [0.25, 0.3) is 5.56 Å². The first-order valence-electron chi connectivity index (χ1n) is 6.77. The number of aromatic nitrogens is 2. The van der Waals surface area contributed by atoms with E-state index in [1.807, 2.05) is 19.1 Å². The molecule has 0 amide bonds. The van der Waals surface area contributed by atoms with Crippen LogP contribution in [0.2, 0.25) is 5.02 Å². The van der Waals surface area contributed by atoms with E-state index in [0.29, 0.717) is 22.0 Å². The molecule has 0 saturated carbocycles. The number of nitrogen functional groups attached to an aromatic ring is 1. The Bertz CT molecular complexity index is 885. The molecule has 0 unspecified atom stereocenters. The highest BCUT2D eigenvalue weighted by Crippen LogP contribution is 2.19. The van der Waals surface area contributed by atoms with E-state index in [4.69, 9.17) is 17.3 Å². The molecule has 2 N–H and O–H groups in total. The van der Waals surface area contributed by atoms with E-state index in [0.717, 1.165) is 11.3 Å². The molecule has 0 bridgehead atoms. The molecule has 0 aliphatic heterocycles. The SMILES string of the molecule is Cc1cc(-c2cccc(N)c2)c(=O)n(-c2ccc(Cl)cc2)n1. The molecule has 4 nitrogen and oxygen atoms in total. The second-order valence-corrected chi connectivity index (χ2v) is 5.45. The highest BCUT2D eigenvalue weighted by molar-refractivity contribution is 6.30. The monoisotopic (exact) mass is 311 g/mol. The number of hydrogen-bond donors (Lipinski definition) is 1. The van der Waals surface area contributed by atoms with Crippen molar-refractivity contribution in [2.45, 2.75) is 6.92 Å². The van der Waals surface area contributed by atoms with E-state index in [1.165, 1.54) is 4.68 Å². The number of aryl methyl sites for hydroxylation is 1. The normalized spacial score (nSPS) is 10.6. The van der Waals surface area contributed by atoms with Crippen molar-refractivity contribution in [3.8, 4) is 16.8 Å². The molecule has 0 saturated heterocycles. The highest BCUT2D eigenvalue weighted by atomic mass is 35.5. The molecule has 22 heavy (non-hydrogen) atoms. The quantitative estimate of drug-likeness (QED) is 0.737. The Kier molecular flexibility index (Phi) is 3.69. The standard InChI is InChI=1S/C17H14ClN3O/c1-11-9-16(12-3-2-4-14(19)10-12)17(22)21(20-11)15-7-5-13(18)6-8-15/h2-10H,19H2,1H3. The van der Waals surface area contributed by atoms with Gasteiger partial charge in [-0.25, -0.2) is 0 Å². The van der Waals surface area contributed by atoms with Crippen LogP contribution in [0.5, 0.6) is 0 Å². The Morgan fingerprint density at radius 1 is 1.09 bits per heavy atom. The van der Waals surface area contributed by atoms with Crippen molar-refractivity contribution in [2.24, 2.45) is 0 Å². The van der Waals surface area contributed by atoms with Crippen molar-refractivity contribution in [2.75, 3.05) is 5.73 Å². The third-order valence-corrected chi connectivity index (χ3v) is 3.55. The van der Waals surface area contributed by atoms with E-state index in [-0.39, 0.29) is 5.56 Å². The van der Waals surface area contributed by atoms with Crippen molar-refractivity contribution in [1.29, 1.82) is 0 Å². The van der Waals surface area contributed by atoms with Gasteiger partial charge >= 0.3 is 0 Å². The third-order valence-electron chi connectivity index (χ3n) is 3.30. The molecular weight excluding hydrogens is 298 g/mol. The Balaban J connectivity index is 2.22. The number of benzene rings is 2. The minimum atomic E-state index is -0.196. The molecule has 1 heterocycles. The fraction of sp³-hybridized carbons (Fsp3) is 0.0588. The Morgan fingerprint density at radius 2 is 1.82 bits per heavy atom. The molecule has 5 heteroatoms. The summed E-state index contributed by atoms with van der Waals surface area (Å²) < 4.78 is 1.38. The number of rotatable bonds is 2. The second-order valence-electron chi connectivity index (χ2n) is 5.02. The van der Waals surface area contributed by atoms with Crippen LogP contribution >= 0.6 is 11.6 Å². The van der Waals surface area contributed by atoms with Crippen LogP contribution in [0.1, 0.15) is 5.69 Å². The maximum Gasteiger partial charge on any atom is 0.279 e. The molecule has 0 radical (unpaired) electrons. The number of nitrogens with two attached hydrogens (primary N) is 1. The van der Waals surface area contributed by atoms with E-state index >= 15 is 0 Å². The maximum absolute atomic E-state index is 12.7. The number of nitrogens with zero attached hydrogens (tertiary/aromatic N) is 2. The van der Waals surface area contributed by atoms with Crippen LogP contribution in [-0.2, 0) is 0 Å². The number of anilines is 1. The summed E-state index contributed by atoms with van der Waals surface area (Å²) in [5, 5.41) is 4.92. The van der Waals surface area contributed by atoms with Crippen LogP contribution in [0.15, 0.2) is 59.4 Å². The lowest BCUT2D eigenvalue weighted by molar-refractivity contribution is 0.788. The summed E-state index contributed by atoms with van der Waals surface area (Å²) >= 11 is 5.89. The molecule has 3 rings (SSSR count). The largest absolute Gasteiger partial charge is 0.399 e. The molecule has 2 aromatic carbocycles. The fourth-order valence-electron chi connectivity index (χ4n) is 2.29. The molecule has 1 aromatic heterocycles. The van der Waals surface area contributed by atoms with Gasteiger partial charge in [-0.2, -0.15) is 9.78 Å². The first kappa shape index (κ1) is 14.4. The lowest BCUT2D eigenvalue weighted by atomic mass is 10.1. The van der Waals surface area contributed by atoms with Crippen LogP contribution < -0.4 is 11.3 Å². The molecule has 0 aliphatic rings. The van der Waals surface area contributed by atoms with E-state index < -0.39 is 0 Å². The van der Waals surface area contributed by atoms with Crippen LogP contribution in [0.25, 0.3) is 16.8 Å². The van der Waals surface area contributed by atoms with Crippen molar-refractivity contribution in [3.05, 3.63) is 75.7 Å². The number of hydrogen-bond acceptors (Lipinski definition) is 3. The highest BCUT2D eigenvalue weighted by Gasteiger charge is 2.10. The molecule has 0 atom stereocenters. The van der Waals surface area contributed by atoms with Gasteiger partial charge in [0.1, 0.15) is 0 Å². The average molecular weight is 312 g/mol. The van der Waals surface area contributed by atoms with Crippen molar-refractivity contribution in [3.63, 3.8) is 0 Å². The predicted octanol–water partition coefficient (Wildman–Crippen LogP) is 3.44. The smallest absolute Gasteiger partial charge is 0.279 e. The first-order chi connectivity index (χ1) is 10.5. The second kappa shape index (κ2) is 5.66. The molecular formula is C17H14ClN3O. The Hall–Kier alpha value is -2.59. The lowest BCUT2D eigenvalue weighted by Crippen LogP contribution is -2.23. The van der Waals surface area contributed by atoms with Gasteiger partial charge in [0.05, 0.1) is 16.9 Å². The minimum absolute atomic E-state index is 0.196. The van der Waals surface area contributed by atoms with E-state index in [2.05, 4.69) is 5.10 Å². The van der Waals surface area contributed by atoms with Gasteiger partial charge in [-0.05, 0) is 55.0 Å². The van der Waals surface area contributed by atoms with Crippen LogP contribution in [0.3, 0.4) is 0 Å². The van der Waals surface area contributed by atoms with Crippen LogP contribution in [-0.4, -0.2) is 9.78 Å². The maximum atomic E-state index is 12.7. The zero-order chi connectivity index (χ0) is 15.7. The van der Waals surface area contributed by atoms with Crippen molar-refractivity contribution in [1.82, 2.24) is 9.78 Å². The van der Waals surface area contributed by atoms with E-state index in [1.54, 1.807) is 42.5 Å². The van der Waals surface area contributed by atoms with Gasteiger partial charge in [-0.3, -0.25) is 4.79 Å². The molecule has 110 valence electrons. The predicted molar refractivity (Wildman–Crippen MR) is 89.4 cm³/mol. The summed E-state index contributed by atoms with van der Waals surface area (Å²) in [5.41, 5.74) is 8.98. The van der Waals surface area contributed by atoms with Gasteiger partial charge in [-0.15, -0.1) is 0 Å². The van der Waals surface area contributed by atoms with Gasteiger partial charge in [0.15, 0.2) is 0 Å². The molecule has 0 aliphatic carbocycles. The topological polar surface area (TPSA) is 60.9 Å². The zero-order valence-electron chi connectivity index (χ0n) is 12.0. The first-order valence-corrected chi connectivity index (χ1v) is 7.15. The summed E-state index contributed by atoms with van der Waals surface area (Å²) in [5.74, 6) is 0. The summed E-state index contributed by atoms with van der Waals surface area (Å²) in [7, 11) is 0. The zero-order valence-corrected chi connectivity index (χ0v) is 12.7. The van der Waals surface area contributed by atoms with Gasteiger partial charge in [0, 0.05) is 10.7 Å². The molecule has 0 fully saturated rings. The summed E-state index contributed by atoms with van der Waals surface area (Å²) in [6, 6.07) is 16.0. The summed E-state index contributed by atoms with van der Waals surface area (Å²) in [6.07, 6.45) is 0. The van der Waals surface area contributed by atoms with Crippen LogP contribution in [0.4, 0.5) is 5.69 Å². The minimum Gasteiger partial charge on any atom is -0.399 e. The Labute approximate surface area is 132 Å². The van der Waals surface area contributed by atoms with Gasteiger partial charge < -0.3 is 5.73 Å². The van der Waals surface area contributed by atoms with Gasteiger partial charge in [0.2, 0.25) is 0 Å². The Morgan fingerprint density at radius 3 is 2.50 bits per heavy atom. The molecule has 3 aromatic rings. The van der Waals surface area contributed by atoms with Crippen molar-refractivity contribution >= 4 is 17.3 Å². The fourth-order valence-corrected chi connectivity index (χ4v) is 2.41. The third kappa shape index (κ3) is 2.73. The average Bonchev–Trinajstić information content (AvgIpc) is 2.50. The van der Waals surface area contributed by atoms with Crippen molar-refractivity contribution < 1.29 is 0 Å². The van der Waals surface area contributed by atoms with Crippen LogP contribution in [0, 0.1) is 6.92 Å². The summed E-state index contributed by atoms with van der Waals surface area (Å²) in [4.78, 5) is 12.7. The van der Waals surface area contributed by atoms with E-state index in [9.17, 15) is 4.79 Å². The summed E-state index contributed by atoms with van der Waals surface area (Å²) in [6.45, 7) is 1.85. The number of halogens is 1. The lowest BCUT2D eigenvalue weighted by Gasteiger charge is -2.09.